The van der Waals surface area contributed by atoms with Crippen LogP contribution in [0.1, 0.15) is 24.0 Å². The molecule has 11 heteroatoms. The molecule has 3 heterocycles. The number of nitrogens with zero attached hydrogens (tertiary/aromatic N) is 6. The summed E-state index contributed by atoms with van der Waals surface area (Å²) in [5, 5.41) is 9.29. The van der Waals surface area contributed by atoms with Gasteiger partial charge in [0.2, 0.25) is 10.0 Å². The molecular formula is C29H31FN6O3S. The van der Waals surface area contributed by atoms with Crippen molar-refractivity contribution in [3.05, 3.63) is 71.8 Å². The number of benzene rings is 2. The first-order valence-corrected chi connectivity index (χ1v) is 14.9. The monoisotopic (exact) mass is 562 g/mol. The normalized spacial score (nSPS) is 16.4. The topological polar surface area (TPSA) is 104 Å². The Morgan fingerprint density at radius 2 is 1.95 bits per heavy atom. The van der Waals surface area contributed by atoms with E-state index in [9.17, 15) is 13.7 Å². The molecule has 4 aromatic rings. The average molecular weight is 563 g/mol. The smallest absolute Gasteiger partial charge is 0.302 e. The Labute approximate surface area is 233 Å². The lowest BCUT2D eigenvalue weighted by atomic mass is 9.98. The predicted molar refractivity (Wildman–Crippen MR) is 151 cm³/mol. The summed E-state index contributed by atoms with van der Waals surface area (Å²) in [6, 6.07) is 14.2. The highest BCUT2D eigenvalue weighted by Gasteiger charge is 2.23. The lowest BCUT2D eigenvalue weighted by molar-refractivity contribution is 0.143. The van der Waals surface area contributed by atoms with Crippen LogP contribution in [-0.2, 0) is 16.6 Å². The van der Waals surface area contributed by atoms with Gasteiger partial charge in [0, 0.05) is 49.6 Å². The first kappa shape index (κ1) is 27.7. The number of ether oxygens (including phenoxy) is 1. The molecule has 0 N–H and O–H groups in total. The van der Waals surface area contributed by atoms with Crippen molar-refractivity contribution in [2.24, 2.45) is 5.92 Å². The third kappa shape index (κ3) is 5.84. The van der Waals surface area contributed by atoms with Gasteiger partial charge in [-0.3, -0.25) is 4.40 Å². The second kappa shape index (κ2) is 11.3. The van der Waals surface area contributed by atoms with E-state index < -0.39 is 15.8 Å². The van der Waals surface area contributed by atoms with Crippen molar-refractivity contribution >= 4 is 15.7 Å². The lowest BCUT2D eigenvalue weighted by Gasteiger charge is -2.29. The maximum absolute atomic E-state index is 15.3. The van der Waals surface area contributed by atoms with Gasteiger partial charge in [-0.15, -0.1) is 0 Å². The molecular weight excluding hydrogens is 531 g/mol. The van der Waals surface area contributed by atoms with Crippen LogP contribution in [-0.4, -0.2) is 72.0 Å². The largest absolute Gasteiger partial charge is 0.464 e. The van der Waals surface area contributed by atoms with Gasteiger partial charge in [-0.05, 0) is 50.2 Å². The highest BCUT2D eigenvalue weighted by Crippen LogP contribution is 2.37. The number of imidazole rings is 1. The Morgan fingerprint density at radius 3 is 2.62 bits per heavy atom. The van der Waals surface area contributed by atoms with Crippen molar-refractivity contribution in [2.45, 2.75) is 19.4 Å². The molecule has 0 radical (unpaired) electrons. The van der Waals surface area contributed by atoms with E-state index in [1.807, 2.05) is 0 Å². The van der Waals surface area contributed by atoms with Gasteiger partial charge in [-0.1, -0.05) is 24.3 Å². The molecule has 1 aliphatic heterocycles. The summed E-state index contributed by atoms with van der Waals surface area (Å²) in [7, 11) is 0.0538. The van der Waals surface area contributed by atoms with E-state index in [1.54, 1.807) is 53.2 Å². The second-order valence-corrected chi connectivity index (χ2v) is 12.4. The fourth-order valence-electron chi connectivity index (χ4n) is 5.02. The number of aromatic nitrogens is 3. The van der Waals surface area contributed by atoms with Gasteiger partial charge >= 0.3 is 6.01 Å². The molecule has 0 amide bonds. The van der Waals surface area contributed by atoms with E-state index in [4.69, 9.17) is 9.72 Å². The average Bonchev–Trinajstić information content (AvgIpc) is 3.42. The number of fused-ring (bicyclic) bond motifs is 1. The SMILES string of the molecule is CN1CCC[C@@H](COc2nc(-c3ccc(C#N)cc3)c(-c3ccc(CN(C)S(C)(=O)=O)c(F)c3)c3nccn23)C1. The Bertz CT molecular complexity index is 1680. The molecule has 9 nitrogen and oxygen atoms in total. The molecule has 5 rings (SSSR count). The van der Waals surface area contributed by atoms with Gasteiger partial charge in [-0.2, -0.15) is 10.2 Å². The van der Waals surface area contributed by atoms with E-state index in [-0.39, 0.29) is 12.1 Å². The van der Waals surface area contributed by atoms with Gasteiger partial charge in [0.15, 0.2) is 5.65 Å². The molecule has 2 aromatic carbocycles. The number of halogens is 1. The minimum atomic E-state index is -3.47. The molecule has 0 spiro atoms. The van der Waals surface area contributed by atoms with E-state index >= 15 is 4.39 Å². The van der Waals surface area contributed by atoms with Crippen LogP contribution in [0, 0.1) is 23.1 Å². The van der Waals surface area contributed by atoms with Gasteiger partial charge < -0.3 is 9.64 Å². The summed E-state index contributed by atoms with van der Waals surface area (Å²) in [6.07, 6.45) is 6.70. The summed E-state index contributed by atoms with van der Waals surface area (Å²) >= 11 is 0. The van der Waals surface area contributed by atoms with Crippen LogP contribution in [0.15, 0.2) is 54.9 Å². The van der Waals surface area contributed by atoms with E-state index in [0.717, 1.165) is 42.1 Å². The minimum absolute atomic E-state index is 0.0897. The van der Waals surface area contributed by atoms with E-state index in [2.05, 4.69) is 23.0 Å². The summed E-state index contributed by atoms with van der Waals surface area (Å²) in [5.41, 5.74) is 3.71. The number of hydrogen-bond donors (Lipinski definition) is 0. The Morgan fingerprint density at radius 1 is 1.20 bits per heavy atom. The van der Waals surface area contributed by atoms with Crippen LogP contribution in [0.5, 0.6) is 6.01 Å². The molecule has 1 aliphatic rings. The zero-order valence-electron chi connectivity index (χ0n) is 22.7. The zero-order valence-corrected chi connectivity index (χ0v) is 23.5. The number of piperidine rings is 1. The first-order valence-electron chi connectivity index (χ1n) is 13.0. The number of nitriles is 1. The summed E-state index contributed by atoms with van der Waals surface area (Å²) < 4.78 is 48.2. The van der Waals surface area contributed by atoms with Crippen molar-refractivity contribution in [1.29, 1.82) is 5.26 Å². The Hall–Kier alpha value is -3.85. The maximum atomic E-state index is 15.3. The van der Waals surface area contributed by atoms with E-state index in [0.29, 0.717) is 46.6 Å². The molecule has 1 fully saturated rings. The number of likely N-dealkylation sites (tertiary alicyclic amines) is 1. The molecule has 0 unspecified atom stereocenters. The lowest BCUT2D eigenvalue weighted by Crippen LogP contribution is -2.35. The third-order valence-electron chi connectivity index (χ3n) is 7.27. The molecule has 0 aliphatic carbocycles. The molecule has 1 atom stereocenters. The summed E-state index contributed by atoms with van der Waals surface area (Å²) in [6.45, 7) is 2.45. The van der Waals surface area contributed by atoms with Gasteiger partial charge in [0.1, 0.15) is 5.82 Å². The van der Waals surface area contributed by atoms with Crippen LogP contribution >= 0.6 is 0 Å². The number of sulfonamides is 1. The Kier molecular flexibility index (Phi) is 7.85. The van der Waals surface area contributed by atoms with Gasteiger partial charge in [0.05, 0.1) is 35.8 Å². The molecule has 2 aromatic heterocycles. The van der Waals surface area contributed by atoms with Gasteiger partial charge in [-0.25, -0.2) is 22.1 Å². The molecule has 1 saturated heterocycles. The maximum Gasteiger partial charge on any atom is 0.302 e. The van der Waals surface area contributed by atoms with Crippen LogP contribution in [0.3, 0.4) is 0 Å². The zero-order chi connectivity index (χ0) is 28.4. The number of hydrogen-bond acceptors (Lipinski definition) is 7. The van der Waals surface area contributed by atoms with Crippen LogP contribution < -0.4 is 4.74 Å². The van der Waals surface area contributed by atoms with Crippen LogP contribution in [0.4, 0.5) is 4.39 Å². The van der Waals surface area contributed by atoms with Crippen LogP contribution in [0.2, 0.25) is 0 Å². The van der Waals surface area contributed by atoms with Crippen molar-refractivity contribution in [3.8, 4) is 34.5 Å². The highest BCUT2D eigenvalue weighted by atomic mass is 32.2. The quantitative estimate of drug-likeness (QED) is 0.317. The molecule has 208 valence electrons. The van der Waals surface area contributed by atoms with Crippen molar-refractivity contribution in [1.82, 2.24) is 23.6 Å². The molecule has 0 bridgehead atoms. The van der Waals surface area contributed by atoms with E-state index in [1.165, 1.54) is 13.1 Å². The van der Waals surface area contributed by atoms with Gasteiger partial charge in [0.25, 0.3) is 0 Å². The third-order valence-corrected chi connectivity index (χ3v) is 8.53. The highest BCUT2D eigenvalue weighted by molar-refractivity contribution is 7.88. The fraction of sp³-hybridized carbons (Fsp3) is 0.345. The molecule has 40 heavy (non-hydrogen) atoms. The summed E-state index contributed by atoms with van der Waals surface area (Å²) in [4.78, 5) is 11.8. The fourth-order valence-corrected chi connectivity index (χ4v) is 5.40. The van der Waals surface area contributed by atoms with Crippen molar-refractivity contribution in [2.75, 3.05) is 40.0 Å². The number of rotatable bonds is 8. The van der Waals surface area contributed by atoms with Crippen molar-refractivity contribution < 1.29 is 17.5 Å². The second-order valence-electron chi connectivity index (χ2n) is 10.3. The predicted octanol–water partition coefficient (Wildman–Crippen LogP) is 4.19. The Balaban J connectivity index is 1.59. The van der Waals surface area contributed by atoms with Crippen molar-refractivity contribution in [3.63, 3.8) is 0 Å². The first-order chi connectivity index (χ1) is 19.1. The standard InChI is InChI=1S/C29H31FN6O3S/c1-34-13-4-5-21(17-34)19-39-29-33-27(22-8-6-20(16-31)7-9-22)26(28-32-12-14-36(28)29)23-10-11-24(25(30)15-23)18-35(2)40(3,37)38/h6-12,14-15,21H,4-5,13,17-19H2,1-3H3/t21-/m1/s1. The summed E-state index contributed by atoms with van der Waals surface area (Å²) in [5.74, 6) is -0.158. The minimum Gasteiger partial charge on any atom is -0.464 e. The molecule has 0 saturated carbocycles. The van der Waals surface area contributed by atoms with Crippen LogP contribution in [0.25, 0.3) is 28.0 Å².